The highest BCUT2D eigenvalue weighted by Crippen LogP contribution is 2.25. The molecule has 0 spiro atoms. The van der Waals surface area contributed by atoms with Crippen molar-refractivity contribution in [1.29, 1.82) is 0 Å². The molecule has 25 heavy (non-hydrogen) atoms. The molecule has 2 aromatic rings. The third-order valence-corrected chi connectivity index (χ3v) is 4.05. The van der Waals surface area contributed by atoms with Crippen molar-refractivity contribution in [2.45, 2.75) is 31.5 Å². The maximum atomic E-state index is 12.3. The summed E-state index contributed by atoms with van der Waals surface area (Å²) in [6.07, 6.45) is 2.71. The number of pyridine rings is 1. The second-order valence-corrected chi connectivity index (χ2v) is 5.94. The van der Waals surface area contributed by atoms with E-state index in [9.17, 15) is 14.4 Å². The van der Waals surface area contributed by atoms with Crippen LogP contribution < -0.4 is 15.6 Å². The molecule has 2 N–H and O–H groups in total. The molecule has 3 rings (SSSR count). The molecule has 1 aliphatic rings. The lowest BCUT2D eigenvalue weighted by Crippen LogP contribution is -2.50. The van der Waals surface area contributed by atoms with E-state index in [1.165, 1.54) is 18.3 Å². The topological polar surface area (TPSA) is 97.6 Å². The van der Waals surface area contributed by atoms with E-state index in [1.807, 2.05) is 30.3 Å². The van der Waals surface area contributed by atoms with Crippen molar-refractivity contribution in [2.75, 3.05) is 0 Å². The fourth-order valence-corrected chi connectivity index (χ4v) is 2.71. The van der Waals surface area contributed by atoms with E-state index in [2.05, 4.69) is 5.32 Å². The number of ether oxygens (including phenoxy) is 1. The van der Waals surface area contributed by atoms with Crippen LogP contribution in [-0.2, 0) is 11.3 Å². The van der Waals surface area contributed by atoms with Crippen LogP contribution in [0.1, 0.15) is 23.2 Å². The van der Waals surface area contributed by atoms with Gasteiger partial charge in [-0.15, -0.1) is 0 Å². The Balaban J connectivity index is 1.56. The van der Waals surface area contributed by atoms with E-state index in [4.69, 9.17) is 9.84 Å². The van der Waals surface area contributed by atoms with Gasteiger partial charge in [0.1, 0.15) is 24.0 Å². The third kappa shape index (κ3) is 4.06. The highest BCUT2D eigenvalue weighted by atomic mass is 16.5. The molecule has 7 nitrogen and oxygen atoms in total. The molecular formula is C18H18N2O5. The second kappa shape index (κ2) is 7.21. The van der Waals surface area contributed by atoms with Gasteiger partial charge in [-0.2, -0.15) is 0 Å². The lowest BCUT2D eigenvalue weighted by molar-refractivity contribution is -0.137. The third-order valence-electron chi connectivity index (χ3n) is 4.05. The smallest absolute Gasteiger partial charge is 0.323 e. The quantitative estimate of drug-likeness (QED) is 0.824. The van der Waals surface area contributed by atoms with Crippen LogP contribution in [-0.4, -0.2) is 33.7 Å². The molecule has 1 amide bonds. The van der Waals surface area contributed by atoms with E-state index in [1.54, 1.807) is 0 Å². The largest absolute Gasteiger partial charge is 0.490 e. The molecule has 7 heteroatoms. The Morgan fingerprint density at radius 1 is 1.16 bits per heavy atom. The van der Waals surface area contributed by atoms with Crippen LogP contribution in [0.25, 0.3) is 0 Å². The van der Waals surface area contributed by atoms with Crippen molar-refractivity contribution in [1.82, 2.24) is 9.88 Å². The van der Waals surface area contributed by atoms with Gasteiger partial charge in [-0.25, -0.2) is 0 Å². The number of rotatable bonds is 6. The molecule has 1 aromatic carbocycles. The number of carboxylic acid groups (broad SMARTS) is 1. The summed E-state index contributed by atoms with van der Waals surface area (Å²) in [5.74, 6) is -0.843. The van der Waals surface area contributed by atoms with Crippen molar-refractivity contribution in [3.63, 3.8) is 0 Å². The van der Waals surface area contributed by atoms with E-state index in [-0.39, 0.29) is 17.7 Å². The minimum Gasteiger partial charge on any atom is -0.490 e. The molecule has 0 saturated heterocycles. The maximum Gasteiger partial charge on any atom is 0.323 e. The molecule has 1 aromatic heterocycles. The molecule has 1 saturated carbocycles. The number of hydrogen-bond acceptors (Lipinski definition) is 4. The number of amides is 1. The van der Waals surface area contributed by atoms with Crippen LogP contribution in [0.3, 0.4) is 0 Å². The Morgan fingerprint density at radius 3 is 2.56 bits per heavy atom. The van der Waals surface area contributed by atoms with Crippen LogP contribution >= 0.6 is 0 Å². The normalized spacial score (nSPS) is 18.9. The first-order valence-electron chi connectivity index (χ1n) is 7.97. The molecule has 0 unspecified atom stereocenters. The predicted octanol–water partition coefficient (Wildman–Crippen LogP) is 1.27. The number of nitrogens with one attached hydrogen (secondary N) is 1. The summed E-state index contributed by atoms with van der Waals surface area (Å²) in [4.78, 5) is 35.2. The first kappa shape index (κ1) is 16.8. The summed E-state index contributed by atoms with van der Waals surface area (Å²) in [7, 11) is 0. The number of para-hydroxylation sites is 1. The zero-order valence-corrected chi connectivity index (χ0v) is 13.4. The maximum absolute atomic E-state index is 12.3. The van der Waals surface area contributed by atoms with Crippen molar-refractivity contribution in [2.24, 2.45) is 0 Å². The standard InChI is InChI=1S/C18H18N2O5/c21-16(22)11-20-8-4-7-15(18(20)24)17(23)19-12-9-14(10-12)25-13-5-2-1-3-6-13/h1-8,12,14H,9-11H2,(H,19,23)(H,21,22). The van der Waals surface area contributed by atoms with E-state index >= 15 is 0 Å². The number of carboxylic acids is 1. The molecule has 130 valence electrons. The molecule has 1 aliphatic carbocycles. The molecule has 0 atom stereocenters. The van der Waals surface area contributed by atoms with Gasteiger partial charge in [0.05, 0.1) is 0 Å². The fourth-order valence-electron chi connectivity index (χ4n) is 2.71. The molecule has 0 aliphatic heterocycles. The second-order valence-electron chi connectivity index (χ2n) is 5.94. The minimum atomic E-state index is -1.14. The van der Waals surface area contributed by atoms with Crippen LogP contribution in [0, 0.1) is 0 Å². The number of aliphatic carboxylic acids is 1. The van der Waals surface area contributed by atoms with Gasteiger partial charge in [0.15, 0.2) is 0 Å². The summed E-state index contributed by atoms with van der Waals surface area (Å²) >= 11 is 0. The van der Waals surface area contributed by atoms with Gasteiger partial charge in [0, 0.05) is 25.1 Å². The Morgan fingerprint density at radius 2 is 1.88 bits per heavy atom. The van der Waals surface area contributed by atoms with E-state index < -0.39 is 24.0 Å². The number of benzene rings is 1. The van der Waals surface area contributed by atoms with Crippen molar-refractivity contribution < 1.29 is 19.4 Å². The van der Waals surface area contributed by atoms with Crippen molar-refractivity contribution in [3.8, 4) is 5.75 Å². The summed E-state index contributed by atoms with van der Waals surface area (Å²) < 4.78 is 6.77. The zero-order valence-electron chi connectivity index (χ0n) is 13.4. The lowest BCUT2D eigenvalue weighted by atomic mass is 9.89. The first-order valence-corrected chi connectivity index (χ1v) is 7.97. The summed E-state index contributed by atoms with van der Waals surface area (Å²) in [6.45, 7) is -0.476. The minimum absolute atomic E-state index is 0.0344. The highest BCUT2D eigenvalue weighted by molar-refractivity contribution is 5.94. The molecule has 0 bridgehead atoms. The zero-order chi connectivity index (χ0) is 17.8. The summed E-state index contributed by atoms with van der Waals surface area (Å²) in [6, 6.07) is 12.3. The highest BCUT2D eigenvalue weighted by Gasteiger charge is 2.32. The summed E-state index contributed by atoms with van der Waals surface area (Å²) in [5.41, 5.74) is -0.671. The number of hydrogen-bond donors (Lipinski definition) is 2. The Hall–Kier alpha value is -3.09. The number of nitrogens with zero attached hydrogens (tertiary/aromatic N) is 1. The number of carbonyl (C=O) groups is 2. The molecule has 0 radical (unpaired) electrons. The van der Waals surface area contributed by atoms with Crippen molar-refractivity contribution >= 4 is 11.9 Å². The Bertz CT molecular complexity index is 825. The Labute approximate surface area is 143 Å². The number of carbonyl (C=O) groups excluding carboxylic acids is 1. The van der Waals surface area contributed by atoms with Gasteiger partial charge in [0.2, 0.25) is 0 Å². The average molecular weight is 342 g/mol. The first-order chi connectivity index (χ1) is 12.0. The van der Waals surface area contributed by atoms with Crippen LogP contribution in [0.15, 0.2) is 53.5 Å². The van der Waals surface area contributed by atoms with Crippen LogP contribution in [0.4, 0.5) is 0 Å². The van der Waals surface area contributed by atoms with Crippen molar-refractivity contribution in [3.05, 3.63) is 64.6 Å². The predicted molar refractivity (Wildman–Crippen MR) is 89.7 cm³/mol. The van der Waals surface area contributed by atoms with Gasteiger partial charge in [0.25, 0.3) is 11.5 Å². The monoisotopic (exact) mass is 342 g/mol. The SMILES string of the molecule is O=C(O)Cn1cccc(C(=O)NC2CC(Oc3ccccc3)C2)c1=O. The molecule has 1 fully saturated rings. The van der Waals surface area contributed by atoms with Gasteiger partial charge in [-0.1, -0.05) is 18.2 Å². The van der Waals surface area contributed by atoms with Gasteiger partial charge >= 0.3 is 5.97 Å². The lowest BCUT2D eigenvalue weighted by Gasteiger charge is -2.35. The Kier molecular flexibility index (Phi) is 4.83. The van der Waals surface area contributed by atoms with Gasteiger partial charge < -0.3 is 19.7 Å². The van der Waals surface area contributed by atoms with Crippen LogP contribution in [0.5, 0.6) is 5.75 Å². The molecule has 1 heterocycles. The van der Waals surface area contributed by atoms with Gasteiger partial charge in [-0.3, -0.25) is 14.4 Å². The number of aromatic nitrogens is 1. The summed E-state index contributed by atoms with van der Waals surface area (Å²) in [5, 5.41) is 11.6. The van der Waals surface area contributed by atoms with Crippen LogP contribution in [0.2, 0.25) is 0 Å². The van der Waals surface area contributed by atoms with E-state index in [0.29, 0.717) is 12.8 Å². The average Bonchev–Trinajstić information content (AvgIpc) is 2.55. The van der Waals surface area contributed by atoms with Gasteiger partial charge in [-0.05, 0) is 24.3 Å². The van der Waals surface area contributed by atoms with E-state index in [0.717, 1.165) is 10.3 Å². The fraction of sp³-hybridized carbons (Fsp3) is 0.278. The molecular weight excluding hydrogens is 324 g/mol.